The van der Waals surface area contributed by atoms with Crippen LogP contribution in [0, 0.1) is 23.7 Å². The van der Waals surface area contributed by atoms with Crippen LogP contribution >= 0.6 is 0 Å². The number of nitrogens with zero attached hydrogens (tertiary/aromatic N) is 2. The maximum Gasteiger partial charge on any atom is 0.334 e. The topological polar surface area (TPSA) is 258 Å². The normalized spacial score (nSPS) is 25.3. The molecule has 1 aliphatic heterocycles. The number of allylic oxidation sites excluding steroid dienone is 2. The number of nitrogens with one attached hydrogen (secondary N) is 4. The zero-order valence-corrected chi connectivity index (χ0v) is 45.9. The first-order chi connectivity index (χ1) is 35.1. The van der Waals surface area contributed by atoms with Crippen LogP contribution in [0.3, 0.4) is 0 Å². The van der Waals surface area contributed by atoms with E-state index in [-0.39, 0.29) is 76.1 Å². The number of rotatable bonds is 20. The van der Waals surface area contributed by atoms with Crippen molar-refractivity contribution in [3.05, 3.63) is 59.2 Å². The second-order valence-corrected chi connectivity index (χ2v) is 19.5. The van der Waals surface area contributed by atoms with E-state index in [4.69, 9.17) is 28.8 Å². The maximum atomic E-state index is 14.3. The molecule has 0 radical (unpaired) electrons. The summed E-state index contributed by atoms with van der Waals surface area (Å²) >= 11 is 0. The second kappa shape index (κ2) is 34.0. The summed E-state index contributed by atoms with van der Waals surface area (Å²) in [7, 11) is 2.84. The van der Waals surface area contributed by atoms with Crippen LogP contribution < -0.4 is 21.3 Å². The Balaban J connectivity index is 2.59. The van der Waals surface area contributed by atoms with Gasteiger partial charge in [-0.1, -0.05) is 83.5 Å². The van der Waals surface area contributed by atoms with Gasteiger partial charge in [-0.3, -0.25) is 28.8 Å². The van der Waals surface area contributed by atoms with Crippen molar-refractivity contribution in [3.63, 3.8) is 0 Å². The Morgan fingerprint density at radius 2 is 1.46 bits per heavy atom. The molecule has 2 rings (SSSR count). The summed E-state index contributed by atoms with van der Waals surface area (Å²) in [6, 6.07) is 4.37. The smallest absolute Gasteiger partial charge is 0.334 e. The number of aliphatic hydroxyl groups excluding tert-OH is 1. The number of hydrogen-bond acceptors (Lipinski definition) is 14. The van der Waals surface area contributed by atoms with Gasteiger partial charge in [0.1, 0.15) is 30.3 Å². The van der Waals surface area contributed by atoms with Gasteiger partial charge < -0.3 is 59.9 Å². The molecule has 416 valence electrons. The van der Waals surface area contributed by atoms with Gasteiger partial charge in [-0.2, -0.15) is 0 Å². The molecule has 0 aliphatic carbocycles. The molecule has 1 heterocycles. The van der Waals surface area contributed by atoms with Crippen LogP contribution in [0.4, 0.5) is 0 Å². The first-order valence-corrected chi connectivity index (χ1v) is 25.8. The Morgan fingerprint density at radius 1 is 0.851 bits per heavy atom. The summed E-state index contributed by atoms with van der Waals surface area (Å²) in [6.45, 7) is 18.5. The largest absolute Gasteiger partial charge is 0.456 e. The summed E-state index contributed by atoms with van der Waals surface area (Å²) < 4.78 is 28.2. The molecule has 1 aromatic carbocycles. The van der Waals surface area contributed by atoms with Gasteiger partial charge in [0, 0.05) is 45.0 Å². The van der Waals surface area contributed by atoms with Crippen LogP contribution in [0.5, 0.6) is 0 Å². The van der Waals surface area contributed by atoms with Crippen molar-refractivity contribution in [3.8, 4) is 0 Å². The molecular formula is C54H86N6O14. The highest BCUT2D eigenvalue weighted by molar-refractivity contribution is 5.96. The third-order valence-electron chi connectivity index (χ3n) is 13.0. The number of ether oxygens (including phenoxy) is 5. The monoisotopic (exact) mass is 1040 g/mol. The molecule has 74 heavy (non-hydrogen) atoms. The summed E-state index contributed by atoms with van der Waals surface area (Å²) in [5, 5.41) is 19.8. The fraction of sp³-hybridized carbons (Fsp3) is 0.667. The van der Waals surface area contributed by atoms with Gasteiger partial charge in [0.15, 0.2) is 6.10 Å². The number of hydrogen-bond donors (Lipinski definition) is 5. The molecule has 1 aromatic rings. The lowest BCUT2D eigenvalue weighted by atomic mass is 9.81. The number of benzene rings is 1. The van der Waals surface area contributed by atoms with E-state index in [1.165, 1.54) is 39.8 Å². The highest BCUT2D eigenvalue weighted by atomic mass is 16.6. The molecular weight excluding hydrogens is 957 g/mol. The zero-order chi connectivity index (χ0) is 55.5. The van der Waals surface area contributed by atoms with Crippen molar-refractivity contribution in [2.45, 2.75) is 138 Å². The zero-order valence-electron chi connectivity index (χ0n) is 45.9. The Bertz CT molecular complexity index is 2030. The molecule has 5 N–H and O–H groups in total. The minimum atomic E-state index is -1.31. The van der Waals surface area contributed by atoms with Gasteiger partial charge in [0.25, 0.3) is 5.91 Å². The van der Waals surface area contributed by atoms with E-state index in [0.29, 0.717) is 31.8 Å². The van der Waals surface area contributed by atoms with Gasteiger partial charge in [-0.05, 0) is 76.4 Å². The number of esters is 2. The van der Waals surface area contributed by atoms with Crippen LogP contribution in [-0.4, -0.2) is 172 Å². The third kappa shape index (κ3) is 22.4. The first-order valence-electron chi connectivity index (χ1n) is 25.8. The average Bonchev–Trinajstić information content (AvgIpc) is 3.37. The lowest BCUT2D eigenvalue weighted by Crippen LogP contribution is -2.57. The Labute approximate surface area is 438 Å². The maximum absolute atomic E-state index is 14.3. The number of cyclic esters (lactones) is 2. The molecule has 0 aromatic heterocycles. The van der Waals surface area contributed by atoms with E-state index in [2.05, 4.69) is 21.3 Å². The van der Waals surface area contributed by atoms with Crippen molar-refractivity contribution in [1.29, 1.82) is 0 Å². The van der Waals surface area contributed by atoms with E-state index in [1.54, 1.807) is 57.2 Å². The van der Waals surface area contributed by atoms with E-state index < -0.39 is 102 Å². The highest BCUT2D eigenvalue weighted by Crippen LogP contribution is 2.30. The van der Waals surface area contributed by atoms with Gasteiger partial charge in [0.05, 0.1) is 52.8 Å². The van der Waals surface area contributed by atoms with Crippen molar-refractivity contribution < 1.29 is 67.1 Å². The standard InChI is InChI=1S/C54H86N6O14/c1-13-35(5)47-50(65)57-40(10)54(69)74-48(36(6)14-2)38(8)42(32-45(62)55-22-24-70-26-28-72-29-27-71-25-23-61)21-20-37(7)53(68)73-44(30-34(3)4)49(64)56-39(9)51(66)60(12)43(31-41-18-16-15-17-19-41)52(67)59(11)33-46(63)58-47/h14-20,34-35,38-40,42-44,47-48,61H,13,21-33H2,1-12H3,(H,55,62)(H,56,64)(H,57,65)(H,58,63)/b36-14+,37-20+/t35?,38-,39-,40+,42+,43+,44+,47?,48+/m0/s1. The fourth-order valence-electron chi connectivity index (χ4n) is 8.07. The predicted octanol–water partition coefficient (Wildman–Crippen LogP) is 3.04. The Morgan fingerprint density at radius 3 is 2.05 bits per heavy atom. The summed E-state index contributed by atoms with van der Waals surface area (Å²) in [6.07, 6.45) is 1.92. The van der Waals surface area contributed by atoms with E-state index >= 15 is 0 Å². The molecule has 0 saturated heterocycles. The molecule has 0 spiro atoms. The predicted molar refractivity (Wildman–Crippen MR) is 278 cm³/mol. The van der Waals surface area contributed by atoms with Crippen LogP contribution in [0.1, 0.15) is 100 Å². The molecule has 2 unspecified atom stereocenters. The molecule has 20 heteroatoms. The van der Waals surface area contributed by atoms with Gasteiger partial charge in [-0.25, -0.2) is 9.59 Å². The van der Waals surface area contributed by atoms with Crippen molar-refractivity contribution in [1.82, 2.24) is 31.1 Å². The SMILES string of the molecule is C/C=C(\C)[C@H]1OC(=O)[C@@H](C)NC(=O)C(C(C)CC)NC(=O)CN(C)C(=O)[C@@H](Cc2ccccc2)N(C)C(=O)[C@H](C)NC(=O)[C@@H](CC(C)C)OC(=O)/C(C)=C/C[C@H](CC(=O)NCCOCCOCCOCCO)[C@@H]1C. The second-order valence-electron chi connectivity index (χ2n) is 19.5. The van der Waals surface area contributed by atoms with Gasteiger partial charge >= 0.3 is 11.9 Å². The minimum Gasteiger partial charge on any atom is -0.456 e. The molecule has 1 aliphatic rings. The average molecular weight is 1040 g/mol. The summed E-state index contributed by atoms with van der Waals surface area (Å²) in [4.78, 5) is 114. The molecule has 6 amide bonds. The van der Waals surface area contributed by atoms with Crippen molar-refractivity contribution in [2.24, 2.45) is 23.7 Å². The lowest BCUT2D eigenvalue weighted by molar-refractivity contribution is -0.154. The van der Waals surface area contributed by atoms with Crippen molar-refractivity contribution >= 4 is 47.4 Å². The Kier molecular flexibility index (Phi) is 29.6. The summed E-state index contributed by atoms with van der Waals surface area (Å²) in [5.41, 5.74) is 1.53. The van der Waals surface area contributed by atoms with Crippen LogP contribution in [0.15, 0.2) is 53.6 Å². The number of carbonyl (C=O) groups is 8. The first kappa shape index (κ1) is 64.4. The van der Waals surface area contributed by atoms with E-state index in [0.717, 1.165) is 10.5 Å². The van der Waals surface area contributed by atoms with Gasteiger partial charge in [-0.15, -0.1) is 0 Å². The number of likely N-dealkylation sites (N-methyl/N-ethyl adjacent to an activating group) is 2. The highest BCUT2D eigenvalue weighted by Gasteiger charge is 2.37. The number of carbonyl (C=O) groups excluding carboxylic acids is 8. The lowest BCUT2D eigenvalue weighted by Gasteiger charge is -2.33. The summed E-state index contributed by atoms with van der Waals surface area (Å²) in [5.74, 6) is -6.77. The molecule has 9 atom stereocenters. The van der Waals surface area contributed by atoms with Crippen molar-refractivity contribution in [2.75, 3.05) is 73.4 Å². The minimum absolute atomic E-state index is 0.0592. The Hall–Kier alpha value is -5.70. The molecule has 0 fully saturated rings. The fourth-order valence-corrected chi connectivity index (χ4v) is 8.07. The van der Waals surface area contributed by atoms with Crippen LogP contribution in [-0.2, 0) is 68.5 Å². The molecule has 0 saturated carbocycles. The quantitative estimate of drug-likeness (QED) is 0.0715. The van der Waals surface area contributed by atoms with E-state index in [9.17, 15) is 38.4 Å². The van der Waals surface area contributed by atoms with Gasteiger partial charge in [0.2, 0.25) is 29.5 Å². The van der Waals surface area contributed by atoms with E-state index in [1.807, 2.05) is 33.8 Å². The third-order valence-corrected chi connectivity index (χ3v) is 13.0. The van der Waals surface area contributed by atoms with Crippen LogP contribution in [0.2, 0.25) is 0 Å². The molecule has 0 bridgehead atoms. The number of amides is 6. The number of aliphatic hydroxyl groups is 1. The van der Waals surface area contributed by atoms with Crippen LogP contribution in [0.25, 0.3) is 0 Å². The molecule has 20 nitrogen and oxygen atoms in total.